The number of benzene rings is 2. The van der Waals surface area contributed by atoms with Gasteiger partial charge in [0, 0.05) is 19.7 Å². The van der Waals surface area contributed by atoms with Crippen LogP contribution in [0.3, 0.4) is 0 Å². The molecule has 0 aromatic heterocycles. The average molecular weight is 431 g/mol. The van der Waals surface area contributed by atoms with Gasteiger partial charge in [-0.15, -0.1) is 0 Å². The van der Waals surface area contributed by atoms with Crippen LogP contribution in [0.15, 0.2) is 47.4 Å². The third-order valence-electron chi connectivity index (χ3n) is 3.36. The van der Waals surface area contributed by atoms with Gasteiger partial charge in [0.25, 0.3) is 5.91 Å². The van der Waals surface area contributed by atoms with E-state index in [1.165, 1.54) is 44.4 Å². The lowest BCUT2D eigenvalue weighted by molar-refractivity contribution is 0.0944. The van der Waals surface area contributed by atoms with Crippen molar-refractivity contribution >= 4 is 50.5 Å². The van der Waals surface area contributed by atoms with Crippen molar-refractivity contribution < 1.29 is 17.6 Å². The summed E-state index contributed by atoms with van der Waals surface area (Å²) in [5.74, 6) is -1.16. The molecule has 144 valence electrons. The number of para-hydroxylation sites is 1. The summed E-state index contributed by atoms with van der Waals surface area (Å²) >= 11 is 10.9. The summed E-state index contributed by atoms with van der Waals surface area (Å²) in [7, 11) is -1.11. The summed E-state index contributed by atoms with van der Waals surface area (Å²) < 4.78 is 39.1. The Kier molecular flexibility index (Phi) is 6.71. The molecule has 2 rings (SSSR count). The van der Waals surface area contributed by atoms with E-state index in [2.05, 4.69) is 16.2 Å². The van der Waals surface area contributed by atoms with Crippen molar-refractivity contribution in [3.05, 3.63) is 58.9 Å². The summed E-state index contributed by atoms with van der Waals surface area (Å²) in [5, 5.41) is 2.52. The summed E-state index contributed by atoms with van der Waals surface area (Å²) in [5.41, 5.74) is 4.89. The van der Waals surface area contributed by atoms with Crippen LogP contribution in [0.2, 0.25) is 5.02 Å². The van der Waals surface area contributed by atoms with Crippen molar-refractivity contribution in [1.82, 2.24) is 15.2 Å². The standard InChI is InChI=1S/C16H16ClFN4O3S2/c1-22(2)27(24,25)14-9-10(7-8-11(14)17)15(23)20-21-16(26)19-13-6-4-3-5-12(13)18/h3-9H,1-2H3,(H,20,23)(H2,19,21,26). The number of nitrogens with zero attached hydrogens (tertiary/aromatic N) is 1. The molecule has 0 heterocycles. The summed E-state index contributed by atoms with van der Waals surface area (Å²) in [6.07, 6.45) is 0. The third-order valence-corrected chi connectivity index (χ3v) is 5.86. The lowest BCUT2D eigenvalue weighted by Crippen LogP contribution is -2.43. The van der Waals surface area contributed by atoms with E-state index in [1.807, 2.05) is 0 Å². The van der Waals surface area contributed by atoms with Crippen molar-refractivity contribution in [2.45, 2.75) is 4.90 Å². The van der Waals surface area contributed by atoms with Crippen LogP contribution in [0.4, 0.5) is 10.1 Å². The fraction of sp³-hybridized carbons (Fsp3) is 0.125. The zero-order valence-electron chi connectivity index (χ0n) is 14.3. The van der Waals surface area contributed by atoms with Gasteiger partial charge in [0.05, 0.1) is 10.7 Å². The number of thiocarbonyl (C=S) groups is 1. The molecule has 0 aliphatic carbocycles. The topological polar surface area (TPSA) is 90.5 Å². The van der Waals surface area contributed by atoms with Gasteiger partial charge in [-0.3, -0.25) is 15.6 Å². The fourth-order valence-corrected chi connectivity index (χ4v) is 3.50. The van der Waals surface area contributed by atoms with E-state index in [1.54, 1.807) is 6.07 Å². The van der Waals surface area contributed by atoms with Gasteiger partial charge in [-0.2, -0.15) is 0 Å². The molecule has 0 bridgehead atoms. The third kappa shape index (κ3) is 5.13. The molecule has 2 aromatic rings. The minimum absolute atomic E-state index is 0.00931. The summed E-state index contributed by atoms with van der Waals surface area (Å²) in [6, 6.07) is 9.70. The first-order chi connectivity index (χ1) is 12.6. The number of nitrogens with one attached hydrogen (secondary N) is 3. The minimum atomic E-state index is -3.82. The number of sulfonamides is 1. The minimum Gasteiger partial charge on any atom is -0.329 e. The Morgan fingerprint density at radius 1 is 1.15 bits per heavy atom. The highest BCUT2D eigenvalue weighted by molar-refractivity contribution is 7.89. The van der Waals surface area contributed by atoms with Gasteiger partial charge in [0.2, 0.25) is 10.0 Å². The quantitative estimate of drug-likeness (QED) is 0.509. The van der Waals surface area contributed by atoms with E-state index in [0.29, 0.717) is 0 Å². The van der Waals surface area contributed by atoms with Crippen LogP contribution in [0.5, 0.6) is 0 Å². The maximum atomic E-state index is 13.6. The van der Waals surface area contributed by atoms with Gasteiger partial charge >= 0.3 is 0 Å². The highest BCUT2D eigenvalue weighted by atomic mass is 35.5. The molecule has 0 aliphatic rings. The Morgan fingerprint density at radius 2 is 1.81 bits per heavy atom. The Labute approximate surface area is 166 Å². The van der Waals surface area contributed by atoms with Crippen LogP contribution in [0.1, 0.15) is 10.4 Å². The number of rotatable bonds is 4. The van der Waals surface area contributed by atoms with Crippen LogP contribution >= 0.6 is 23.8 Å². The Morgan fingerprint density at radius 3 is 2.44 bits per heavy atom. The molecule has 0 radical (unpaired) electrons. The molecule has 11 heteroatoms. The summed E-state index contributed by atoms with van der Waals surface area (Å²) in [6.45, 7) is 0. The molecular formula is C16H16ClFN4O3S2. The molecule has 2 aromatic carbocycles. The number of hydrazine groups is 1. The molecule has 0 unspecified atom stereocenters. The van der Waals surface area contributed by atoms with Gasteiger partial charge in [-0.1, -0.05) is 23.7 Å². The predicted molar refractivity (Wildman–Crippen MR) is 106 cm³/mol. The number of anilines is 1. The lowest BCUT2D eigenvalue weighted by Gasteiger charge is -2.15. The average Bonchev–Trinajstić information content (AvgIpc) is 2.61. The number of hydrogen-bond donors (Lipinski definition) is 3. The smallest absolute Gasteiger partial charge is 0.269 e. The Balaban J connectivity index is 2.08. The van der Waals surface area contributed by atoms with Crippen molar-refractivity contribution in [2.75, 3.05) is 19.4 Å². The fourth-order valence-electron chi connectivity index (χ4n) is 1.94. The molecule has 27 heavy (non-hydrogen) atoms. The molecular weight excluding hydrogens is 415 g/mol. The van der Waals surface area contributed by atoms with Crippen LogP contribution in [0.25, 0.3) is 0 Å². The molecule has 0 atom stereocenters. The Bertz CT molecular complexity index is 983. The molecule has 0 saturated heterocycles. The van der Waals surface area contributed by atoms with Gasteiger partial charge in [0.15, 0.2) is 5.11 Å². The second-order valence-electron chi connectivity index (χ2n) is 5.45. The van der Waals surface area contributed by atoms with Crippen molar-refractivity contribution in [3.8, 4) is 0 Å². The monoisotopic (exact) mass is 430 g/mol. The van der Waals surface area contributed by atoms with E-state index < -0.39 is 21.7 Å². The van der Waals surface area contributed by atoms with Crippen LogP contribution in [0, 0.1) is 5.82 Å². The zero-order valence-corrected chi connectivity index (χ0v) is 16.7. The lowest BCUT2D eigenvalue weighted by atomic mass is 10.2. The molecule has 0 aliphatic heterocycles. The maximum Gasteiger partial charge on any atom is 0.269 e. The van der Waals surface area contributed by atoms with E-state index in [-0.39, 0.29) is 26.3 Å². The molecule has 1 amide bonds. The predicted octanol–water partition coefficient (Wildman–Crippen LogP) is 2.36. The normalized spacial score (nSPS) is 11.1. The van der Waals surface area contributed by atoms with Crippen molar-refractivity contribution in [1.29, 1.82) is 0 Å². The summed E-state index contributed by atoms with van der Waals surface area (Å²) in [4.78, 5) is 12.0. The second-order valence-corrected chi connectivity index (χ2v) is 8.38. The second kappa shape index (κ2) is 8.61. The number of carbonyl (C=O) groups excluding carboxylic acids is 1. The molecule has 0 saturated carbocycles. The largest absolute Gasteiger partial charge is 0.329 e. The number of hydrogen-bond acceptors (Lipinski definition) is 4. The van der Waals surface area contributed by atoms with Crippen molar-refractivity contribution in [2.24, 2.45) is 0 Å². The number of amides is 1. The van der Waals surface area contributed by atoms with E-state index >= 15 is 0 Å². The molecule has 0 fully saturated rings. The zero-order chi connectivity index (χ0) is 20.2. The van der Waals surface area contributed by atoms with Crippen LogP contribution in [-0.4, -0.2) is 37.8 Å². The molecule has 3 N–H and O–H groups in total. The first kappa shape index (κ1) is 21.0. The maximum absolute atomic E-state index is 13.6. The molecule has 0 spiro atoms. The van der Waals surface area contributed by atoms with Gasteiger partial charge in [-0.25, -0.2) is 17.1 Å². The highest BCUT2D eigenvalue weighted by Crippen LogP contribution is 2.24. The molecule has 7 nitrogen and oxygen atoms in total. The van der Waals surface area contributed by atoms with E-state index in [0.717, 1.165) is 10.4 Å². The first-order valence-electron chi connectivity index (χ1n) is 7.47. The van der Waals surface area contributed by atoms with Gasteiger partial charge in [0.1, 0.15) is 10.7 Å². The first-order valence-corrected chi connectivity index (χ1v) is 9.69. The van der Waals surface area contributed by atoms with Gasteiger partial charge in [-0.05, 0) is 42.5 Å². The van der Waals surface area contributed by atoms with E-state index in [4.69, 9.17) is 23.8 Å². The van der Waals surface area contributed by atoms with Gasteiger partial charge < -0.3 is 5.32 Å². The van der Waals surface area contributed by atoms with Crippen molar-refractivity contribution in [3.63, 3.8) is 0 Å². The number of carbonyl (C=O) groups is 1. The Hall–Kier alpha value is -2.27. The van der Waals surface area contributed by atoms with E-state index in [9.17, 15) is 17.6 Å². The van der Waals surface area contributed by atoms with Crippen LogP contribution in [-0.2, 0) is 10.0 Å². The number of halogens is 2. The SMILES string of the molecule is CN(C)S(=O)(=O)c1cc(C(=O)NNC(=S)Nc2ccccc2F)ccc1Cl. The highest BCUT2D eigenvalue weighted by Gasteiger charge is 2.22. The van der Waals surface area contributed by atoms with Crippen LogP contribution < -0.4 is 16.2 Å².